The van der Waals surface area contributed by atoms with Crippen LogP contribution in [0.2, 0.25) is 0 Å². The number of nitrogens with two attached hydrogens (primary N) is 1. The van der Waals surface area contributed by atoms with Crippen LogP contribution in [-0.4, -0.2) is 135 Å². The number of likely N-dealkylation sites (tertiary alicyclic amines) is 1. The molecule has 1 aliphatic rings. The number of aliphatic hydroxyl groups excluding tert-OH is 2. The molecule has 0 aromatic carbocycles. The Labute approximate surface area is 323 Å². The quantitative estimate of drug-likeness (QED) is 0.0588. The van der Waals surface area contributed by atoms with Crippen LogP contribution in [0.1, 0.15) is 88.5 Å². The molecule has 1 rings (SSSR count). The summed E-state index contributed by atoms with van der Waals surface area (Å²) < 4.78 is 0. The average Bonchev–Trinajstić information content (AvgIpc) is 3.60. The molecule has 7 amide bonds. The van der Waals surface area contributed by atoms with Gasteiger partial charge in [0.25, 0.3) is 0 Å². The van der Waals surface area contributed by atoms with Gasteiger partial charge in [0.05, 0.1) is 18.8 Å². The first kappa shape index (κ1) is 48.7. The van der Waals surface area contributed by atoms with E-state index in [-0.39, 0.29) is 18.9 Å². The monoisotopic (exact) mass is 784 g/mol. The summed E-state index contributed by atoms with van der Waals surface area (Å²) in [4.78, 5) is 105. The minimum atomic E-state index is -1.51. The van der Waals surface area contributed by atoms with Gasteiger partial charge in [-0.05, 0) is 50.4 Å². The van der Waals surface area contributed by atoms with Crippen molar-refractivity contribution < 1.29 is 53.7 Å². The fourth-order valence-corrected chi connectivity index (χ4v) is 5.83. The Kier molecular flexibility index (Phi) is 19.7. The van der Waals surface area contributed by atoms with Crippen LogP contribution in [0.4, 0.5) is 0 Å². The highest BCUT2D eigenvalue weighted by Crippen LogP contribution is 2.20. The van der Waals surface area contributed by atoms with E-state index in [4.69, 9.17) is 5.73 Å². The molecular weight excluding hydrogens is 720 g/mol. The summed E-state index contributed by atoms with van der Waals surface area (Å²) in [5.74, 6) is -8.18. The van der Waals surface area contributed by atoms with Gasteiger partial charge in [-0.1, -0.05) is 61.8 Å². The molecule has 0 aromatic heterocycles. The number of amides is 7. The van der Waals surface area contributed by atoms with E-state index in [0.717, 1.165) is 0 Å². The average molecular weight is 785 g/mol. The lowest BCUT2D eigenvalue weighted by Gasteiger charge is -2.31. The second kappa shape index (κ2) is 22.3. The number of aliphatic hydroxyl groups is 2. The minimum Gasteiger partial charge on any atom is -0.480 e. The van der Waals surface area contributed by atoms with Crippen LogP contribution in [0.5, 0.6) is 0 Å². The van der Waals surface area contributed by atoms with Crippen molar-refractivity contribution in [3.8, 4) is 0 Å². The summed E-state index contributed by atoms with van der Waals surface area (Å²) >= 11 is 0. The van der Waals surface area contributed by atoms with Gasteiger partial charge < -0.3 is 57.9 Å². The molecule has 1 saturated heterocycles. The molecule has 0 bridgehead atoms. The van der Waals surface area contributed by atoms with Gasteiger partial charge in [0, 0.05) is 6.54 Å². The highest BCUT2D eigenvalue weighted by atomic mass is 16.4. The van der Waals surface area contributed by atoms with E-state index in [1.165, 1.54) is 18.7 Å². The third kappa shape index (κ3) is 14.0. The summed E-state index contributed by atoms with van der Waals surface area (Å²) in [6.07, 6.45) is -0.203. The van der Waals surface area contributed by atoms with Crippen molar-refractivity contribution in [2.75, 3.05) is 13.2 Å². The maximum Gasteiger partial charge on any atom is 0.326 e. The molecule has 0 spiro atoms. The SMILES string of the molecule is CC[C@H](C)[C@H](NC(=O)[C@H](CO)NC(=O)[C@@H](NC(=O)[C@@H]1CCCN1C(=O)[C@H](C)NC(=O)[C@@H](NC(=O)[C@@H](NC(=O)[C@@H](N)C(C)C)[C@@H](C)O)C(C)C)C(C)C)C(=O)O. The van der Waals surface area contributed by atoms with Crippen LogP contribution in [0, 0.1) is 23.7 Å². The predicted octanol–water partition coefficient (Wildman–Crippen LogP) is -2.29. The largest absolute Gasteiger partial charge is 0.480 e. The van der Waals surface area contributed by atoms with Crippen LogP contribution in [0.3, 0.4) is 0 Å². The lowest BCUT2D eigenvalue weighted by Crippen LogP contribution is -2.62. The zero-order valence-corrected chi connectivity index (χ0v) is 33.7. The van der Waals surface area contributed by atoms with Crippen molar-refractivity contribution in [1.82, 2.24) is 36.8 Å². The molecule has 1 heterocycles. The first-order valence-electron chi connectivity index (χ1n) is 18.9. The van der Waals surface area contributed by atoms with Crippen LogP contribution < -0.4 is 37.6 Å². The summed E-state index contributed by atoms with van der Waals surface area (Å²) in [5.41, 5.74) is 5.88. The van der Waals surface area contributed by atoms with Gasteiger partial charge in [-0.2, -0.15) is 0 Å². The number of carbonyl (C=O) groups excluding carboxylic acids is 7. The van der Waals surface area contributed by atoms with E-state index in [0.29, 0.717) is 12.8 Å². The zero-order valence-electron chi connectivity index (χ0n) is 33.7. The van der Waals surface area contributed by atoms with Crippen molar-refractivity contribution in [2.24, 2.45) is 29.4 Å². The standard InChI is InChI=1S/C36H64N8O11/c1-11-19(8)27(36(54)55)42-29(47)22(15-45)39-33(51)26(18(6)7)40-30(48)23-13-12-14-44(23)35(53)20(9)38-32(50)25(17(4)5)41-34(52)28(21(10)46)43-31(49)24(37)16(2)3/h16-28,45-46H,11-15,37H2,1-10H3,(H,38,50)(H,39,51)(H,40,48)(H,41,52)(H,42,47)(H,43,49)(H,54,55)/t19-,20-,21+,22-,23-,24-,25-,26-,27-,28-/m0/s1. The van der Waals surface area contributed by atoms with Crippen molar-refractivity contribution in [3.05, 3.63) is 0 Å². The van der Waals surface area contributed by atoms with Gasteiger partial charge in [0.2, 0.25) is 41.4 Å². The highest BCUT2D eigenvalue weighted by molar-refractivity contribution is 5.98. The molecule has 0 unspecified atom stereocenters. The molecule has 0 saturated carbocycles. The summed E-state index contributed by atoms with van der Waals surface area (Å²) in [5, 5.41) is 44.5. The lowest BCUT2D eigenvalue weighted by atomic mass is 9.98. The third-order valence-corrected chi connectivity index (χ3v) is 9.74. The first-order chi connectivity index (χ1) is 25.5. The Morgan fingerprint density at radius 3 is 1.64 bits per heavy atom. The number of aliphatic carboxylic acids is 1. The molecule has 0 radical (unpaired) electrons. The molecule has 11 N–H and O–H groups in total. The zero-order chi connectivity index (χ0) is 42.5. The minimum absolute atomic E-state index is 0.169. The lowest BCUT2D eigenvalue weighted by molar-refractivity contribution is -0.144. The Hall–Kier alpha value is -4.36. The Morgan fingerprint density at radius 2 is 1.16 bits per heavy atom. The number of hydrogen-bond donors (Lipinski definition) is 10. The fraction of sp³-hybridized carbons (Fsp3) is 0.778. The highest BCUT2D eigenvalue weighted by Gasteiger charge is 2.40. The van der Waals surface area contributed by atoms with Crippen molar-refractivity contribution in [1.29, 1.82) is 0 Å². The van der Waals surface area contributed by atoms with Crippen molar-refractivity contribution in [2.45, 2.75) is 143 Å². The second-order valence-corrected chi connectivity index (χ2v) is 15.3. The smallest absolute Gasteiger partial charge is 0.326 e. The third-order valence-electron chi connectivity index (χ3n) is 9.74. The normalized spacial score (nSPS) is 19.2. The maximum absolute atomic E-state index is 13.6. The van der Waals surface area contributed by atoms with Gasteiger partial charge in [0.1, 0.15) is 42.3 Å². The molecule has 10 atom stereocenters. The predicted molar refractivity (Wildman–Crippen MR) is 200 cm³/mol. The van der Waals surface area contributed by atoms with E-state index >= 15 is 0 Å². The first-order valence-corrected chi connectivity index (χ1v) is 18.9. The second-order valence-electron chi connectivity index (χ2n) is 15.3. The van der Waals surface area contributed by atoms with Gasteiger partial charge in [0.15, 0.2) is 0 Å². The summed E-state index contributed by atoms with van der Waals surface area (Å²) in [7, 11) is 0. The number of nitrogens with zero attached hydrogens (tertiary/aromatic N) is 1. The van der Waals surface area contributed by atoms with Crippen LogP contribution in [0.15, 0.2) is 0 Å². The number of rotatable bonds is 21. The topological polar surface area (TPSA) is 299 Å². The molecule has 55 heavy (non-hydrogen) atoms. The van der Waals surface area contributed by atoms with Crippen LogP contribution >= 0.6 is 0 Å². The molecule has 0 aliphatic carbocycles. The van der Waals surface area contributed by atoms with Gasteiger partial charge in [-0.15, -0.1) is 0 Å². The van der Waals surface area contributed by atoms with E-state index in [1.54, 1.807) is 55.4 Å². The molecular formula is C36H64N8O11. The van der Waals surface area contributed by atoms with Gasteiger partial charge in [-0.25, -0.2) is 4.79 Å². The Bertz CT molecular complexity index is 1370. The van der Waals surface area contributed by atoms with E-state index in [1.807, 2.05) is 0 Å². The number of nitrogens with one attached hydrogen (secondary N) is 6. The maximum atomic E-state index is 13.6. The van der Waals surface area contributed by atoms with Crippen LogP contribution in [-0.2, 0) is 38.4 Å². The molecule has 314 valence electrons. The molecule has 19 nitrogen and oxygen atoms in total. The molecule has 1 aliphatic heterocycles. The van der Waals surface area contributed by atoms with E-state index in [2.05, 4.69) is 31.9 Å². The van der Waals surface area contributed by atoms with Crippen molar-refractivity contribution in [3.63, 3.8) is 0 Å². The molecule has 0 aromatic rings. The van der Waals surface area contributed by atoms with Gasteiger partial charge >= 0.3 is 5.97 Å². The van der Waals surface area contributed by atoms with E-state index < -0.39 is 126 Å². The summed E-state index contributed by atoms with van der Waals surface area (Å²) in [6, 6.07) is -9.69. The van der Waals surface area contributed by atoms with Crippen molar-refractivity contribution >= 4 is 47.3 Å². The summed E-state index contributed by atoms with van der Waals surface area (Å²) in [6.45, 7) is 15.4. The number of carbonyl (C=O) groups is 8. The molecule has 19 heteroatoms. The number of carboxylic acid groups (broad SMARTS) is 1. The van der Waals surface area contributed by atoms with Gasteiger partial charge in [-0.3, -0.25) is 33.6 Å². The number of hydrogen-bond acceptors (Lipinski definition) is 11. The van der Waals surface area contributed by atoms with E-state index in [9.17, 15) is 53.7 Å². The Morgan fingerprint density at radius 1 is 0.673 bits per heavy atom. The fourth-order valence-electron chi connectivity index (χ4n) is 5.83. The van der Waals surface area contributed by atoms with Crippen LogP contribution in [0.25, 0.3) is 0 Å². The molecule has 1 fully saturated rings. The Balaban J connectivity index is 3.04. The number of carboxylic acids is 1.